The van der Waals surface area contributed by atoms with Gasteiger partial charge >= 0.3 is 0 Å². The van der Waals surface area contributed by atoms with Crippen LogP contribution in [0.2, 0.25) is 0 Å². The molecule has 2 aromatic carbocycles. The number of hydrogen-bond acceptors (Lipinski definition) is 7. The van der Waals surface area contributed by atoms with E-state index in [1.165, 1.54) is 11.3 Å². The number of fused-ring (bicyclic) bond motifs is 2. The number of amides is 2. The molecule has 0 saturated heterocycles. The Morgan fingerprint density at radius 3 is 2.66 bits per heavy atom. The number of rotatable bonds is 8. The molecule has 0 radical (unpaired) electrons. The highest BCUT2D eigenvalue weighted by atomic mass is 32.1. The Balaban J connectivity index is 1.16. The van der Waals surface area contributed by atoms with Crippen molar-refractivity contribution in [1.82, 2.24) is 14.9 Å². The number of nitrogens with zero attached hydrogens (tertiary/aromatic N) is 2. The van der Waals surface area contributed by atoms with Crippen molar-refractivity contribution in [2.24, 2.45) is 0 Å². The van der Waals surface area contributed by atoms with Gasteiger partial charge in [-0.05, 0) is 24.7 Å². The monoisotopic (exact) mass is 491 g/mol. The maximum Gasteiger partial charge on any atom is 0.240 e. The molecule has 0 unspecified atom stereocenters. The summed E-state index contributed by atoms with van der Waals surface area (Å²) in [7, 11) is 0. The van der Waals surface area contributed by atoms with E-state index in [1.807, 2.05) is 42.8 Å². The lowest BCUT2D eigenvalue weighted by molar-refractivity contribution is -0.119. The summed E-state index contributed by atoms with van der Waals surface area (Å²) in [5.74, 6) is 0.832. The molecule has 2 aromatic heterocycles. The van der Waals surface area contributed by atoms with Gasteiger partial charge in [-0.3, -0.25) is 14.5 Å². The van der Waals surface area contributed by atoms with Crippen LogP contribution in [-0.4, -0.2) is 59.5 Å². The van der Waals surface area contributed by atoms with E-state index in [0.717, 1.165) is 22.2 Å². The van der Waals surface area contributed by atoms with Gasteiger partial charge in [-0.2, -0.15) is 0 Å². The number of benzene rings is 2. The number of aromatic nitrogens is 2. The summed E-state index contributed by atoms with van der Waals surface area (Å²) in [6, 6.07) is 13.3. The fraction of sp³-hybridized carbons (Fsp3) is 0.240. The Hall–Kier alpha value is -3.89. The number of aromatic amines is 1. The van der Waals surface area contributed by atoms with Gasteiger partial charge in [0.15, 0.2) is 16.6 Å². The molecule has 10 heteroatoms. The van der Waals surface area contributed by atoms with E-state index < -0.39 is 0 Å². The standard InChI is InChI=1S/C25H25N5O4S/c1-2-30(13-23(31)27-16-7-8-21-22(11-16)34-10-9-33-21)14-24(32)29-25-28-20(15-35-25)18-12-26-19-6-4-3-5-17(18)19/h3-8,11-12,15,26H,2,9-10,13-14H2,1H3,(H,27,31)(H,28,29,32). The Morgan fingerprint density at radius 1 is 1.06 bits per heavy atom. The topological polar surface area (TPSA) is 109 Å². The molecule has 0 spiro atoms. The number of H-pyrrole nitrogens is 1. The summed E-state index contributed by atoms with van der Waals surface area (Å²) in [5, 5.41) is 9.22. The summed E-state index contributed by atoms with van der Waals surface area (Å²) in [5.41, 5.74) is 3.44. The van der Waals surface area contributed by atoms with E-state index in [4.69, 9.17) is 9.47 Å². The number of thiazole rings is 1. The van der Waals surface area contributed by atoms with E-state index in [1.54, 1.807) is 23.1 Å². The molecule has 3 heterocycles. The van der Waals surface area contributed by atoms with Gasteiger partial charge in [0.05, 0.1) is 18.8 Å². The third-order valence-electron chi connectivity index (χ3n) is 5.62. The van der Waals surface area contributed by atoms with E-state index in [-0.39, 0.29) is 24.9 Å². The Bertz CT molecular complexity index is 1360. The van der Waals surface area contributed by atoms with Crippen LogP contribution < -0.4 is 20.1 Å². The molecule has 0 bridgehead atoms. The van der Waals surface area contributed by atoms with Gasteiger partial charge in [-0.15, -0.1) is 11.3 Å². The molecule has 1 aliphatic heterocycles. The van der Waals surface area contributed by atoms with Crippen LogP contribution >= 0.6 is 11.3 Å². The molecule has 2 amide bonds. The molecule has 35 heavy (non-hydrogen) atoms. The molecular weight excluding hydrogens is 466 g/mol. The molecule has 0 fully saturated rings. The average Bonchev–Trinajstić information content (AvgIpc) is 3.50. The minimum absolute atomic E-state index is 0.0764. The predicted octanol–water partition coefficient (Wildman–Crippen LogP) is 3.96. The second-order valence-corrected chi connectivity index (χ2v) is 8.90. The van der Waals surface area contributed by atoms with Crippen LogP contribution in [-0.2, 0) is 9.59 Å². The van der Waals surface area contributed by atoms with Crippen LogP contribution in [0, 0.1) is 0 Å². The molecule has 3 N–H and O–H groups in total. The Morgan fingerprint density at radius 2 is 1.83 bits per heavy atom. The highest BCUT2D eigenvalue weighted by Crippen LogP contribution is 2.33. The number of nitrogens with one attached hydrogen (secondary N) is 3. The first-order valence-electron chi connectivity index (χ1n) is 11.3. The molecule has 180 valence electrons. The first-order chi connectivity index (χ1) is 17.1. The summed E-state index contributed by atoms with van der Waals surface area (Å²) in [6.07, 6.45) is 1.92. The predicted molar refractivity (Wildman–Crippen MR) is 136 cm³/mol. The summed E-state index contributed by atoms with van der Waals surface area (Å²) in [6.45, 7) is 3.59. The van der Waals surface area contributed by atoms with Gasteiger partial charge < -0.3 is 25.1 Å². The third-order valence-corrected chi connectivity index (χ3v) is 6.38. The lowest BCUT2D eigenvalue weighted by atomic mass is 10.1. The Kier molecular flexibility index (Phi) is 6.64. The van der Waals surface area contributed by atoms with Gasteiger partial charge in [0.1, 0.15) is 13.2 Å². The van der Waals surface area contributed by atoms with Gasteiger partial charge in [-0.1, -0.05) is 25.1 Å². The first-order valence-corrected chi connectivity index (χ1v) is 12.2. The van der Waals surface area contributed by atoms with Crippen molar-refractivity contribution in [1.29, 1.82) is 0 Å². The van der Waals surface area contributed by atoms with Crippen LogP contribution in [0.5, 0.6) is 11.5 Å². The molecule has 5 rings (SSSR count). The van der Waals surface area contributed by atoms with Gasteiger partial charge in [0, 0.05) is 39.8 Å². The number of carbonyl (C=O) groups excluding carboxylic acids is 2. The molecular formula is C25H25N5O4S. The average molecular weight is 492 g/mol. The quantitative estimate of drug-likeness (QED) is 0.344. The summed E-state index contributed by atoms with van der Waals surface area (Å²) < 4.78 is 11.1. The minimum atomic E-state index is -0.223. The van der Waals surface area contributed by atoms with Crippen molar-refractivity contribution in [2.75, 3.05) is 43.5 Å². The SMILES string of the molecule is CCN(CC(=O)Nc1ccc2c(c1)OCCO2)CC(=O)Nc1nc(-c2c[nH]c3ccccc23)cs1. The third kappa shape index (κ3) is 5.28. The van der Waals surface area contributed by atoms with Gasteiger partial charge in [0.2, 0.25) is 11.8 Å². The first kappa shape index (κ1) is 22.9. The van der Waals surface area contributed by atoms with E-state index in [9.17, 15) is 9.59 Å². The van der Waals surface area contributed by atoms with Crippen LogP contribution in [0.4, 0.5) is 10.8 Å². The van der Waals surface area contributed by atoms with Crippen molar-refractivity contribution in [2.45, 2.75) is 6.92 Å². The zero-order valence-electron chi connectivity index (χ0n) is 19.2. The maximum atomic E-state index is 12.6. The smallest absolute Gasteiger partial charge is 0.240 e. The van der Waals surface area contributed by atoms with E-state index >= 15 is 0 Å². The number of ether oxygens (including phenoxy) is 2. The maximum absolute atomic E-state index is 12.6. The number of para-hydroxylation sites is 1. The number of hydrogen-bond donors (Lipinski definition) is 3. The molecule has 0 atom stereocenters. The number of anilines is 2. The molecule has 0 aliphatic carbocycles. The van der Waals surface area contributed by atoms with Crippen molar-refractivity contribution in [3.8, 4) is 22.8 Å². The largest absolute Gasteiger partial charge is 0.486 e. The lowest BCUT2D eigenvalue weighted by Gasteiger charge is -2.20. The number of carbonyl (C=O) groups is 2. The van der Waals surface area contributed by atoms with Gasteiger partial charge in [0.25, 0.3) is 0 Å². The lowest BCUT2D eigenvalue weighted by Crippen LogP contribution is -2.38. The number of likely N-dealkylation sites (N-methyl/N-ethyl adjacent to an activating group) is 1. The highest BCUT2D eigenvalue weighted by molar-refractivity contribution is 7.14. The van der Waals surface area contributed by atoms with Gasteiger partial charge in [-0.25, -0.2) is 4.98 Å². The normalized spacial score (nSPS) is 12.6. The van der Waals surface area contributed by atoms with Crippen LogP contribution in [0.3, 0.4) is 0 Å². The van der Waals surface area contributed by atoms with E-state index in [2.05, 4.69) is 20.6 Å². The highest BCUT2D eigenvalue weighted by Gasteiger charge is 2.17. The minimum Gasteiger partial charge on any atom is -0.486 e. The molecule has 4 aromatic rings. The van der Waals surface area contributed by atoms with Crippen LogP contribution in [0.15, 0.2) is 54.0 Å². The summed E-state index contributed by atoms with van der Waals surface area (Å²) >= 11 is 1.37. The molecule has 9 nitrogen and oxygen atoms in total. The van der Waals surface area contributed by atoms with Crippen LogP contribution in [0.25, 0.3) is 22.2 Å². The van der Waals surface area contributed by atoms with Crippen molar-refractivity contribution < 1.29 is 19.1 Å². The zero-order chi connectivity index (χ0) is 24.2. The van der Waals surface area contributed by atoms with Crippen molar-refractivity contribution in [3.63, 3.8) is 0 Å². The van der Waals surface area contributed by atoms with E-state index in [0.29, 0.717) is 42.1 Å². The zero-order valence-corrected chi connectivity index (χ0v) is 20.0. The fourth-order valence-electron chi connectivity index (χ4n) is 3.90. The summed E-state index contributed by atoms with van der Waals surface area (Å²) in [4.78, 5) is 34.8. The van der Waals surface area contributed by atoms with Crippen molar-refractivity contribution >= 4 is 44.9 Å². The second kappa shape index (κ2) is 10.2. The molecule has 0 saturated carbocycles. The Labute approximate surface area is 206 Å². The second-order valence-electron chi connectivity index (χ2n) is 8.04. The fourth-order valence-corrected chi connectivity index (χ4v) is 4.63. The van der Waals surface area contributed by atoms with Crippen molar-refractivity contribution in [3.05, 3.63) is 54.0 Å². The van der Waals surface area contributed by atoms with Crippen LogP contribution in [0.1, 0.15) is 6.92 Å². The molecule has 1 aliphatic rings.